The predicted molar refractivity (Wildman–Crippen MR) is 90.7 cm³/mol. The van der Waals surface area contributed by atoms with E-state index in [1.807, 2.05) is 4.90 Å². The first-order chi connectivity index (χ1) is 12.0. The van der Waals surface area contributed by atoms with Crippen molar-refractivity contribution in [3.63, 3.8) is 0 Å². The number of aromatic amines is 1. The summed E-state index contributed by atoms with van der Waals surface area (Å²) in [6.07, 6.45) is 0. The van der Waals surface area contributed by atoms with E-state index in [4.69, 9.17) is 16.3 Å². The van der Waals surface area contributed by atoms with E-state index in [-0.39, 0.29) is 22.8 Å². The summed E-state index contributed by atoms with van der Waals surface area (Å²) >= 11 is 6.09. The van der Waals surface area contributed by atoms with E-state index in [2.05, 4.69) is 4.98 Å². The van der Waals surface area contributed by atoms with Gasteiger partial charge in [-0.1, -0.05) is 23.7 Å². The number of hydrogen-bond acceptors (Lipinski definition) is 5. The third-order valence-corrected chi connectivity index (χ3v) is 4.31. The lowest BCUT2D eigenvalue weighted by molar-refractivity contribution is 0.0336. The number of H-pyrrole nitrogens is 1. The molecule has 1 aromatic heterocycles. The number of halogens is 1. The molecular weight excluding hydrogens is 350 g/mol. The van der Waals surface area contributed by atoms with Gasteiger partial charge >= 0.3 is 11.7 Å². The summed E-state index contributed by atoms with van der Waals surface area (Å²) in [6, 6.07) is 6.39. The fourth-order valence-corrected chi connectivity index (χ4v) is 2.96. The van der Waals surface area contributed by atoms with Gasteiger partial charge in [-0.15, -0.1) is 0 Å². The highest BCUT2D eigenvalue weighted by Gasteiger charge is 2.23. The summed E-state index contributed by atoms with van der Waals surface area (Å²) in [5.74, 6) is -1.36. The van der Waals surface area contributed by atoms with Gasteiger partial charge in [0.2, 0.25) is 0 Å². The highest BCUT2D eigenvalue weighted by Crippen LogP contribution is 2.17. The Kier molecular flexibility index (Phi) is 5.03. The van der Waals surface area contributed by atoms with Crippen LogP contribution < -0.4 is 11.2 Å². The number of carbonyl (C=O) groups is 1. The zero-order valence-electron chi connectivity index (χ0n) is 13.2. The number of nitrogens with zero attached hydrogens (tertiary/aromatic N) is 2. The number of morpholine rings is 1. The van der Waals surface area contributed by atoms with Crippen LogP contribution in [0.3, 0.4) is 0 Å². The summed E-state index contributed by atoms with van der Waals surface area (Å²) in [7, 11) is 0. The SMILES string of the molecule is O=C(O)c1[nH]c(=O)n(-c2ccccc2Cl)c(=O)c1CN1CCOCC1. The number of ether oxygens (including phenoxy) is 1. The highest BCUT2D eigenvalue weighted by molar-refractivity contribution is 6.32. The summed E-state index contributed by atoms with van der Waals surface area (Å²) in [6.45, 7) is 2.26. The normalized spacial score (nSPS) is 15.2. The molecule has 0 aliphatic carbocycles. The molecule has 0 atom stereocenters. The number of carboxylic acids is 1. The van der Waals surface area contributed by atoms with Crippen LogP contribution in [0.15, 0.2) is 33.9 Å². The minimum Gasteiger partial charge on any atom is -0.477 e. The van der Waals surface area contributed by atoms with E-state index in [1.54, 1.807) is 18.2 Å². The molecule has 132 valence electrons. The molecule has 0 saturated carbocycles. The van der Waals surface area contributed by atoms with Crippen molar-refractivity contribution in [3.8, 4) is 5.69 Å². The first-order valence-corrected chi connectivity index (χ1v) is 8.03. The number of hydrogen-bond donors (Lipinski definition) is 2. The Hall–Kier alpha value is -2.42. The minimum absolute atomic E-state index is 0.00826. The zero-order chi connectivity index (χ0) is 18.0. The third-order valence-electron chi connectivity index (χ3n) is 3.99. The van der Waals surface area contributed by atoms with Crippen molar-refractivity contribution in [2.45, 2.75) is 6.54 Å². The largest absolute Gasteiger partial charge is 0.477 e. The average molecular weight is 366 g/mol. The molecule has 0 bridgehead atoms. The van der Waals surface area contributed by atoms with Crippen LogP contribution in [0.5, 0.6) is 0 Å². The molecule has 2 N–H and O–H groups in total. The van der Waals surface area contributed by atoms with Gasteiger partial charge in [-0.05, 0) is 12.1 Å². The van der Waals surface area contributed by atoms with Crippen LogP contribution in [-0.2, 0) is 11.3 Å². The minimum atomic E-state index is -1.36. The van der Waals surface area contributed by atoms with E-state index < -0.39 is 22.9 Å². The molecule has 2 heterocycles. The van der Waals surface area contributed by atoms with E-state index in [1.165, 1.54) is 6.07 Å². The van der Waals surface area contributed by atoms with Gasteiger partial charge in [0.05, 0.1) is 29.5 Å². The summed E-state index contributed by atoms with van der Waals surface area (Å²) < 4.78 is 6.12. The van der Waals surface area contributed by atoms with Gasteiger partial charge in [-0.2, -0.15) is 0 Å². The van der Waals surface area contributed by atoms with Crippen molar-refractivity contribution in [3.05, 3.63) is 61.4 Å². The van der Waals surface area contributed by atoms with Crippen LogP contribution in [0, 0.1) is 0 Å². The fourth-order valence-electron chi connectivity index (χ4n) is 2.74. The van der Waals surface area contributed by atoms with Crippen LogP contribution in [-0.4, -0.2) is 51.8 Å². The zero-order valence-corrected chi connectivity index (χ0v) is 14.0. The van der Waals surface area contributed by atoms with Crippen LogP contribution in [0.1, 0.15) is 16.1 Å². The second kappa shape index (κ2) is 7.22. The molecular formula is C16H16ClN3O5. The molecule has 1 saturated heterocycles. The lowest BCUT2D eigenvalue weighted by Crippen LogP contribution is -2.43. The first-order valence-electron chi connectivity index (χ1n) is 7.65. The number of para-hydroxylation sites is 1. The van der Waals surface area contributed by atoms with Gasteiger partial charge in [0, 0.05) is 19.6 Å². The van der Waals surface area contributed by atoms with Gasteiger partial charge in [-0.25, -0.2) is 14.2 Å². The number of aromatic carboxylic acids is 1. The van der Waals surface area contributed by atoms with Gasteiger partial charge in [0.1, 0.15) is 5.69 Å². The number of carboxylic acid groups (broad SMARTS) is 1. The Morgan fingerprint density at radius 1 is 1.24 bits per heavy atom. The van der Waals surface area contributed by atoms with Crippen molar-refractivity contribution in [2.24, 2.45) is 0 Å². The lowest BCUT2D eigenvalue weighted by atomic mass is 10.2. The van der Waals surface area contributed by atoms with Crippen molar-refractivity contribution in [1.82, 2.24) is 14.5 Å². The Labute approximate surface area is 147 Å². The molecule has 1 aromatic carbocycles. The Morgan fingerprint density at radius 2 is 1.92 bits per heavy atom. The summed E-state index contributed by atoms with van der Waals surface area (Å²) in [4.78, 5) is 40.9. The smallest absolute Gasteiger partial charge is 0.352 e. The second-order valence-corrected chi connectivity index (χ2v) is 5.98. The van der Waals surface area contributed by atoms with Crippen molar-refractivity contribution < 1.29 is 14.6 Å². The van der Waals surface area contributed by atoms with Gasteiger partial charge in [0.25, 0.3) is 5.56 Å². The van der Waals surface area contributed by atoms with E-state index in [0.29, 0.717) is 26.3 Å². The third kappa shape index (κ3) is 3.51. The quantitative estimate of drug-likeness (QED) is 0.826. The molecule has 1 fully saturated rings. The molecule has 9 heteroatoms. The molecule has 0 unspecified atom stereocenters. The van der Waals surface area contributed by atoms with Crippen LogP contribution in [0.2, 0.25) is 5.02 Å². The second-order valence-electron chi connectivity index (χ2n) is 5.57. The monoisotopic (exact) mass is 365 g/mol. The van der Waals surface area contributed by atoms with E-state index in [0.717, 1.165) is 4.57 Å². The van der Waals surface area contributed by atoms with Crippen LogP contribution in [0.25, 0.3) is 5.69 Å². The highest BCUT2D eigenvalue weighted by atomic mass is 35.5. The molecule has 1 aliphatic rings. The molecule has 0 radical (unpaired) electrons. The topological polar surface area (TPSA) is 105 Å². The standard InChI is InChI=1S/C16H16ClN3O5/c17-11-3-1-2-4-12(11)20-14(21)10(9-19-5-7-25-8-6-19)13(15(22)23)18-16(20)24/h1-4H,5-9H2,(H,18,24)(H,22,23). The van der Waals surface area contributed by atoms with Gasteiger partial charge in [-0.3, -0.25) is 9.69 Å². The van der Waals surface area contributed by atoms with Crippen LogP contribution >= 0.6 is 11.6 Å². The summed E-state index contributed by atoms with van der Waals surface area (Å²) in [5.41, 5.74) is -1.73. The number of benzene rings is 1. The number of rotatable bonds is 4. The van der Waals surface area contributed by atoms with Crippen molar-refractivity contribution in [1.29, 1.82) is 0 Å². The molecule has 2 aromatic rings. The number of aromatic nitrogens is 2. The molecule has 8 nitrogen and oxygen atoms in total. The summed E-state index contributed by atoms with van der Waals surface area (Å²) in [5, 5.41) is 9.59. The average Bonchev–Trinajstić information content (AvgIpc) is 2.59. The van der Waals surface area contributed by atoms with Crippen molar-refractivity contribution in [2.75, 3.05) is 26.3 Å². The number of nitrogens with one attached hydrogen (secondary N) is 1. The molecule has 0 spiro atoms. The molecule has 25 heavy (non-hydrogen) atoms. The molecule has 0 amide bonds. The van der Waals surface area contributed by atoms with E-state index >= 15 is 0 Å². The first kappa shape index (κ1) is 17.4. The maximum atomic E-state index is 12.9. The maximum Gasteiger partial charge on any atom is 0.352 e. The van der Waals surface area contributed by atoms with Gasteiger partial charge < -0.3 is 14.8 Å². The Morgan fingerprint density at radius 3 is 2.56 bits per heavy atom. The Bertz CT molecular complexity index is 915. The van der Waals surface area contributed by atoms with Gasteiger partial charge in [0.15, 0.2) is 0 Å². The molecule has 3 rings (SSSR count). The maximum absolute atomic E-state index is 12.9. The lowest BCUT2D eigenvalue weighted by Gasteiger charge is -2.26. The Balaban J connectivity index is 2.16. The van der Waals surface area contributed by atoms with Crippen molar-refractivity contribution >= 4 is 17.6 Å². The van der Waals surface area contributed by atoms with E-state index in [9.17, 15) is 19.5 Å². The van der Waals surface area contributed by atoms with Crippen LogP contribution in [0.4, 0.5) is 0 Å². The predicted octanol–water partition coefficient (Wildman–Crippen LogP) is 0.710. The fraction of sp³-hybridized carbons (Fsp3) is 0.312. The molecule has 1 aliphatic heterocycles.